The summed E-state index contributed by atoms with van der Waals surface area (Å²) >= 11 is 0. The standard InChI is InChI=1S/C24H31NO7/c1-17(2)19(4)24(28)23(18(3)15-26)21(20-11-7-5-8-12-20)13-9-6-10-14-22(27)31-16-32-25(29)30/h5,7-8,11-12,15,21H,6,9-10,13-14,16H2,1-4H3/b23-18-. The number of hydrogen-bond acceptors (Lipinski definition) is 7. The summed E-state index contributed by atoms with van der Waals surface area (Å²) < 4.78 is 4.62. The number of aldehydes is 1. The van der Waals surface area contributed by atoms with Gasteiger partial charge in [-0.15, -0.1) is 10.1 Å². The highest BCUT2D eigenvalue weighted by molar-refractivity contribution is 6.11. The number of Topliss-reactive ketones (excluding diaryl/α,β-unsaturated/α-hetero) is 1. The van der Waals surface area contributed by atoms with Crippen molar-refractivity contribution in [1.82, 2.24) is 0 Å². The highest BCUT2D eigenvalue weighted by Crippen LogP contribution is 2.34. The fraction of sp³-hybridized carbons (Fsp3) is 0.458. The van der Waals surface area contributed by atoms with Crippen molar-refractivity contribution in [3.05, 3.63) is 68.3 Å². The lowest BCUT2D eigenvalue weighted by atomic mass is 9.80. The van der Waals surface area contributed by atoms with Crippen LogP contribution in [0.25, 0.3) is 0 Å². The van der Waals surface area contributed by atoms with Crippen LogP contribution in [0.4, 0.5) is 0 Å². The van der Waals surface area contributed by atoms with E-state index in [0.717, 1.165) is 23.8 Å². The molecule has 0 bridgehead atoms. The Morgan fingerprint density at radius 1 is 1.06 bits per heavy atom. The van der Waals surface area contributed by atoms with Gasteiger partial charge in [-0.3, -0.25) is 19.2 Å². The van der Waals surface area contributed by atoms with Gasteiger partial charge in [0, 0.05) is 17.9 Å². The molecule has 1 rings (SSSR count). The second kappa shape index (κ2) is 13.9. The zero-order valence-corrected chi connectivity index (χ0v) is 19.1. The number of esters is 1. The fourth-order valence-corrected chi connectivity index (χ4v) is 3.27. The van der Waals surface area contributed by atoms with Gasteiger partial charge in [0.1, 0.15) is 6.29 Å². The van der Waals surface area contributed by atoms with Gasteiger partial charge in [-0.1, -0.05) is 48.7 Å². The molecule has 8 nitrogen and oxygen atoms in total. The maximum atomic E-state index is 13.2. The van der Waals surface area contributed by atoms with E-state index in [0.29, 0.717) is 36.0 Å². The molecule has 0 radical (unpaired) electrons. The maximum absolute atomic E-state index is 13.2. The Hall–Kier alpha value is -3.29. The van der Waals surface area contributed by atoms with Crippen LogP contribution < -0.4 is 0 Å². The van der Waals surface area contributed by atoms with Gasteiger partial charge in [-0.2, -0.15) is 0 Å². The molecule has 0 saturated carbocycles. The summed E-state index contributed by atoms with van der Waals surface area (Å²) in [6, 6.07) is 9.59. The third-order valence-corrected chi connectivity index (χ3v) is 5.24. The van der Waals surface area contributed by atoms with Gasteiger partial charge in [-0.05, 0) is 57.2 Å². The normalized spacial score (nSPS) is 12.2. The summed E-state index contributed by atoms with van der Waals surface area (Å²) in [4.78, 5) is 50.4. The minimum absolute atomic E-state index is 0.114. The Morgan fingerprint density at radius 3 is 2.28 bits per heavy atom. The van der Waals surface area contributed by atoms with Crippen LogP contribution in [-0.4, -0.2) is 29.9 Å². The van der Waals surface area contributed by atoms with E-state index in [-0.39, 0.29) is 18.1 Å². The SMILES string of the molecule is CC(C)=C(C)C(=O)/C(=C(/C)C=O)C(CCCCCC(=O)OCO[N+](=O)[O-])c1ccccc1. The molecule has 0 aromatic heterocycles. The Kier molecular flexibility index (Phi) is 11.6. The zero-order valence-electron chi connectivity index (χ0n) is 19.1. The molecule has 0 amide bonds. The molecule has 1 aromatic carbocycles. The van der Waals surface area contributed by atoms with Gasteiger partial charge in [0.25, 0.3) is 5.09 Å². The first-order valence-corrected chi connectivity index (χ1v) is 10.5. The van der Waals surface area contributed by atoms with Crippen molar-refractivity contribution in [3.63, 3.8) is 0 Å². The van der Waals surface area contributed by atoms with Crippen molar-refractivity contribution in [3.8, 4) is 0 Å². The van der Waals surface area contributed by atoms with E-state index in [1.165, 1.54) is 0 Å². The first-order chi connectivity index (χ1) is 15.2. The average Bonchev–Trinajstić information content (AvgIpc) is 2.77. The summed E-state index contributed by atoms with van der Waals surface area (Å²) in [5.41, 5.74) is 3.40. The molecule has 0 N–H and O–H groups in total. The van der Waals surface area contributed by atoms with Crippen LogP contribution in [0.1, 0.15) is 71.3 Å². The van der Waals surface area contributed by atoms with E-state index in [2.05, 4.69) is 9.57 Å². The number of ether oxygens (including phenoxy) is 1. The molecule has 174 valence electrons. The van der Waals surface area contributed by atoms with E-state index < -0.39 is 17.8 Å². The molecule has 0 aliphatic heterocycles. The van der Waals surface area contributed by atoms with Gasteiger partial charge >= 0.3 is 5.97 Å². The molecule has 1 aromatic rings. The molecular weight excluding hydrogens is 414 g/mol. The number of carbonyl (C=O) groups is 3. The third kappa shape index (κ3) is 8.83. The lowest BCUT2D eigenvalue weighted by Crippen LogP contribution is -2.16. The molecule has 0 aliphatic rings. The summed E-state index contributed by atoms with van der Waals surface area (Å²) in [6.07, 6.45) is 3.41. The van der Waals surface area contributed by atoms with Crippen molar-refractivity contribution in [2.45, 2.75) is 65.7 Å². The molecule has 1 unspecified atom stereocenters. The number of unbranched alkanes of at least 4 members (excludes halogenated alkanes) is 2. The molecule has 0 heterocycles. The second-order valence-electron chi connectivity index (χ2n) is 7.72. The molecule has 0 aliphatic carbocycles. The van der Waals surface area contributed by atoms with Crippen LogP contribution in [0.15, 0.2) is 52.6 Å². The molecule has 0 fully saturated rings. The number of rotatable bonds is 14. The van der Waals surface area contributed by atoms with Crippen molar-refractivity contribution in [1.29, 1.82) is 0 Å². The summed E-state index contributed by atoms with van der Waals surface area (Å²) in [6.45, 7) is 6.46. The summed E-state index contributed by atoms with van der Waals surface area (Å²) in [7, 11) is 0. The predicted molar refractivity (Wildman–Crippen MR) is 119 cm³/mol. The van der Waals surface area contributed by atoms with Crippen LogP contribution in [0, 0.1) is 10.1 Å². The topological polar surface area (TPSA) is 113 Å². The van der Waals surface area contributed by atoms with Crippen molar-refractivity contribution in [2.75, 3.05) is 6.79 Å². The monoisotopic (exact) mass is 445 g/mol. The average molecular weight is 446 g/mol. The van der Waals surface area contributed by atoms with Crippen LogP contribution in [0.5, 0.6) is 0 Å². The van der Waals surface area contributed by atoms with Crippen molar-refractivity contribution in [2.24, 2.45) is 0 Å². The quantitative estimate of drug-likeness (QED) is 0.0763. The number of nitrogens with zero attached hydrogens (tertiary/aromatic N) is 1. The molecule has 8 heteroatoms. The second-order valence-corrected chi connectivity index (χ2v) is 7.72. The lowest BCUT2D eigenvalue weighted by molar-refractivity contribution is -0.765. The van der Waals surface area contributed by atoms with Crippen molar-refractivity contribution >= 4 is 18.0 Å². The van der Waals surface area contributed by atoms with Crippen LogP contribution >= 0.6 is 0 Å². The highest BCUT2D eigenvalue weighted by Gasteiger charge is 2.26. The van der Waals surface area contributed by atoms with E-state index in [1.54, 1.807) is 13.8 Å². The highest BCUT2D eigenvalue weighted by atomic mass is 17.0. The summed E-state index contributed by atoms with van der Waals surface area (Å²) in [5.74, 6) is -0.945. The minimum atomic E-state index is -1.03. The Bertz CT molecular complexity index is 868. The zero-order chi connectivity index (χ0) is 24.1. The molecule has 32 heavy (non-hydrogen) atoms. The minimum Gasteiger partial charge on any atom is -0.438 e. The van der Waals surface area contributed by atoms with E-state index in [1.807, 2.05) is 44.2 Å². The predicted octanol–water partition coefficient (Wildman–Crippen LogP) is 4.87. The van der Waals surface area contributed by atoms with Gasteiger partial charge in [0.15, 0.2) is 5.78 Å². The van der Waals surface area contributed by atoms with Gasteiger partial charge in [0.2, 0.25) is 6.79 Å². The number of hydrogen-bond donors (Lipinski definition) is 0. The number of ketones is 1. The smallest absolute Gasteiger partial charge is 0.307 e. The first kappa shape index (κ1) is 26.7. The van der Waals surface area contributed by atoms with Crippen molar-refractivity contribution < 1.29 is 29.0 Å². The third-order valence-electron chi connectivity index (χ3n) is 5.24. The fourth-order valence-electron chi connectivity index (χ4n) is 3.27. The largest absolute Gasteiger partial charge is 0.438 e. The Morgan fingerprint density at radius 2 is 1.72 bits per heavy atom. The first-order valence-electron chi connectivity index (χ1n) is 10.5. The molecule has 1 atom stereocenters. The Balaban J connectivity index is 2.89. The lowest BCUT2D eigenvalue weighted by Gasteiger charge is -2.22. The number of benzene rings is 1. The van der Waals surface area contributed by atoms with Crippen LogP contribution in [0.2, 0.25) is 0 Å². The van der Waals surface area contributed by atoms with E-state index >= 15 is 0 Å². The molecule has 0 spiro atoms. The number of allylic oxidation sites excluding steroid dienone is 4. The van der Waals surface area contributed by atoms with Gasteiger partial charge in [-0.25, -0.2) is 0 Å². The van der Waals surface area contributed by atoms with E-state index in [4.69, 9.17) is 0 Å². The van der Waals surface area contributed by atoms with Crippen LogP contribution in [-0.2, 0) is 24.0 Å². The molecule has 0 saturated heterocycles. The van der Waals surface area contributed by atoms with Gasteiger partial charge < -0.3 is 4.74 Å². The van der Waals surface area contributed by atoms with Crippen LogP contribution in [0.3, 0.4) is 0 Å². The summed E-state index contributed by atoms with van der Waals surface area (Å²) in [5, 5.41) is 9.03. The molecular formula is C24H31NO7. The Labute approximate surface area is 188 Å². The van der Waals surface area contributed by atoms with E-state index in [9.17, 15) is 24.5 Å². The number of carbonyl (C=O) groups excluding carboxylic acids is 3. The maximum Gasteiger partial charge on any atom is 0.307 e. The van der Waals surface area contributed by atoms with Gasteiger partial charge in [0.05, 0.1) is 0 Å².